The molecule has 0 unspecified atom stereocenters. The molecule has 1 aromatic heterocycles. The second kappa shape index (κ2) is 4.88. The molecule has 0 saturated carbocycles. The van der Waals surface area contributed by atoms with Gasteiger partial charge in [-0.2, -0.15) is 0 Å². The Hall–Kier alpha value is -1.36. The molecule has 1 fully saturated rings. The maximum atomic E-state index is 12.8. The number of piperazine rings is 1. The van der Waals surface area contributed by atoms with Crippen LogP contribution >= 0.6 is 11.3 Å². The van der Waals surface area contributed by atoms with Crippen molar-refractivity contribution in [2.24, 2.45) is 0 Å². The van der Waals surface area contributed by atoms with Gasteiger partial charge < -0.3 is 10.2 Å². The highest BCUT2D eigenvalue weighted by Crippen LogP contribution is 2.32. The molecule has 0 spiro atoms. The molecule has 1 aliphatic heterocycles. The molecule has 2 aliphatic rings. The maximum Gasteiger partial charge on any atom is 0.255 e. The molecule has 1 aliphatic carbocycles. The molecule has 5 heteroatoms. The van der Waals surface area contributed by atoms with Gasteiger partial charge in [0.2, 0.25) is 5.91 Å². The minimum atomic E-state index is -0.765. The summed E-state index contributed by atoms with van der Waals surface area (Å²) >= 11 is 1.70. The molecule has 3 rings (SSSR count). The molecule has 1 N–H and O–H groups in total. The summed E-state index contributed by atoms with van der Waals surface area (Å²) in [5, 5.41) is 4.82. The van der Waals surface area contributed by atoms with Crippen LogP contribution in [0.25, 0.3) is 0 Å². The molecule has 108 valence electrons. The Bertz CT molecular complexity index is 562. The predicted molar refractivity (Wildman–Crippen MR) is 79.1 cm³/mol. The topological polar surface area (TPSA) is 49.4 Å². The van der Waals surface area contributed by atoms with Crippen LogP contribution in [0.15, 0.2) is 5.38 Å². The van der Waals surface area contributed by atoms with Crippen LogP contribution in [0.1, 0.15) is 47.5 Å². The van der Waals surface area contributed by atoms with Gasteiger partial charge in [0, 0.05) is 23.3 Å². The number of carbonyl (C=O) groups excluding carboxylic acids is 2. The van der Waals surface area contributed by atoms with E-state index in [9.17, 15) is 9.59 Å². The summed E-state index contributed by atoms with van der Waals surface area (Å²) in [6.07, 6.45) is 4.48. The van der Waals surface area contributed by atoms with Crippen LogP contribution in [0.2, 0.25) is 0 Å². The smallest absolute Gasteiger partial charge is 0.255 e. The first-order valence-electron chi connectivity index (χ1n) is 7.21. The van der Waals surface area contributed by atoms with E-state index in [0.717, 1.165) is 24.8 Å². The number of carbonyl (C=O) groups is 2. The number of hydrogen-bond acceptors (Lipinski definition) is 3. The number of hydrogen-bond donors (Lipinski definition) is 1. The van der Waals surface area contributed by atoms with Crippen molar-refractivity contribution in [1.29, 1.82) is 0 Å². The molecule has 4 nitrogen and oxygen atoms in total. The second-order valence-corrected chi connectivity index (χ2v) is 6.99. The minimum absolute atomic E-state index is 0.0178. The molecular formula is C15H20N2O2S. The van der Waals surface area contributed by atoms with E-state index in [4.69, 9.17) is 0 Å². The molecule has 2 amide bonds. The zero-order valence-electron chi connectivity index (χ0n) is 12.0. The number of thiophene rings is 1. The number of aryl methyl sites for hydroxylation is 1. The predicted octanol–water partition coefficient (Wildman–Crippen LogP) is 1.98. The van der Waals surface area contributed by atoms with Crippen molar-refractivity contribution >= 4 is 23.2 Å². The second-order valence-electron chi connectivity index (χ2n) is 6.03. The highest BCUT2D eigenvalue weighted by Gasteiger charge is 2.41. The summed E-state index contributed by atoms with van der Waals surface area (Å²) in [7, 11) is 0. The van der Waals surface area contributed by atoms with Crippen molar-refractivity contribution in [3.8, 4) is 0 Å². The average Bonchev–Trinajstić information content (AvgIpc) is 2.85. The Balaban J connectivity index is 1.92. The zero-order valence-corrected chi connectivity index (χ0v) is 12.8. The summed E-state index contributed by atoms with van der Waals surface area (Å²) in [6.45, 7) is 4.76. The third-order valence-corrected chi connectivity index (χ3v) is 5.48. The summed E-state index contributed by atoms with van der Waals surface area (Å²) in [4.78, 5) is 27.9. The van der Waals surface area contributed by atoms with E-state index in [1.165, 1.54) is 16.9 Å². The van der Waals surface area contributed by atoms with E-state index in [2.05, 4.69) is 5.32 Å². The molecule has 1 saturated heterocycles. The van der Waals surface area contributed by atoms with E-state index in [-0.39, 0.29) is 11.8 Å². The summed E-state index contributed by atoms with van der Waals surface area (Å²) in [6, 6.07) is 0. The highest BCUT2D eigenvalue weighted by molar-refractivity contribution is 7.10. The van der Waals surface area contributed by atoms with Crippen LogP contribution in [0, 0.1) is 0 Å². The van der Waals surface area contributed by atoms with Gasteiger partial charge in [-0.3, -0.25) is 9.59 Å². The lowest BCUT2D eigenvalue weighted by Gasteiger charge is -2.41. The number of rotatable bonds is 1. The molecule has 2 heterocycles. The van der Waals surface area contributed by atoms with E-state index in [1.54, 1.807) is 16.2 Å². The molecule has 0 atom stereocenters. The van der Waals surface area contributed by atoms with Crippen molar-refractivity contribution in [3.05, 3.63) is 21.4 Å². The van der Waals surface area contributed by atoms with Gasteiger partial charge in [-0.1, -0.05) is 0 Å². The van der Waals surface area contributed by atoms with Gasteiger partial charge in [-0.05, 0) is 45.1 Å². The summed E-state index contributed by atoms with van der Waals surface area (Å²) < 4.78 is 0. The summed E-state index contributed by atoms with van der Waals surface area (Å²) in [5.41, 5.74) is 1.29. The van der Waals surface area contributed by atoms with Gasteiger partial charge >= 0.3 is 0 Å². The standard InChI is InChI=1S/C15H20N2O2S/c1-15(2)14(19)16-7-8-17(15)13(18)11-9-20-12-6-4-3-5-10(11)12/h9H,3-8H2,1-2H3,(H,16,19). The van der Waals surface area contributed by atoms with E-state index >= 15 is 0 Å². The lowest BCUT2D eigenvalue weighted by Crippen LogP contribution is -2.63. The van der Waals surface area contributed by atoms with E-state index in [0.29, 0.717) is 13.1 Å². The average molecular weight is 292 g/mol. The van der Waals surface area contributed by atoms with E-state index < -0.39 is 5.54 Å². The first kappa shape index (κ1) is 13.6. The lowest BCUT2D eigenvalue weighted by molar-refractivity contribution is -0.133. The Morgan fingerprint density at radius 1 is 1.35 bits per heavy atom. The molecule has 0 radical (unpaired) electrons. The van der Waals surface area contributed by atoms with Gasteiger partial charge in [0.05, 0.1) is 5.56 Å². The number of nitrogens with one attached hydrogen (secondary N) is 1. The van der Waals surface area contributed by atoms with Gasteiger partial charge in [-0.15, -0.1) is 11.3 Å². The zero-order chi connectivity index (χ0) is 14.3. The Labute approximate surface area is 123 Å². The van der Waals surface area contributed by atoms with Gasteiger partial charge in [0.1, 0.15) is 5.54 Å². The van der Waals surface area contributed by atoms with Crippen LogP contribution < -0.4 is 5.32 Å². The number of nitrogens with zero attached hydrogens (tertiary/aromatic N) is 1. The first-order chi connectivity index (χ1) is 9.51. The summed E-state index contributed by atoms with van der Waals surface area (Å²) in [5.74, 6) is -0.0505. The molecule has 1 aromatic rings. The first-order valence-corrected chi connectivity index (χ1v) is 8.09. The monoisotopic (exact) mass is 292 g/mol. The normalized spacial score (nSPS) is 21.3. The van der Waals surface area contributed by atoms with Crippen molar-refractivity contribution in [3.63, 3.8) is 0 Å². The van der Waals surface area contributed by atoms with Crippen LogP contribution in [0.5, 0.6) is 0 Å². The van der Waals surface area contributed by atoms with Crippen LogP contribution in [0.4, 0.5) is 0 Å². The maximum absolute atomic E-state index is 12.8. The van der Waals surface area contributed by atoms with Crippen molar-refractivity contribution < 1.29 is 9.59 Å². The fourth-order valence-corrected chi connectivity index (χ4v) is 4.19. The molecule has 20 heavy (non-hydrogen) atoms. The number of amides is 2. The third kappa shape index (κ3) is 2.04. The van der Waals surface area contributed by atoms with Crippen LogP contribution in [0.3, 0.4) is 0 Å². The van der Waals surface area contributed by atoms with Gasteiger partial charge in [-0.25, -0.2) is 0 Å². The largest absolute Gasteiger partial charge is 0.352 e. The quantitative estimate of drug-likeness (QED) is 0.860. The minimum Gasteiger partial charge on any atom is -0.352 e. The van der Waals surface area contributed by atoms with Crippen LogP contribution in [-0.4, -0.2) is 35.3 Å². The third-order valence-electron chi connectivity index (χ3n) is 4.39. The molecular weight excluding hydrogens is 272 g/mol. The van der Waals surface area contributed by atoms with Gasteiger partial charge in [0.25, 0.3) is 5.91 Å². The van der Waals surface area contributed by atoms with E-state index in [1.807, 2.05) is 19.2 Å². The molecule has 0 bridgehead atoms. The molecule has 0 aromatic carbocycles. The van der Waals surface area contributed by atoms with Gasteiger partial charge in [0.15, 0.2) is 0 Å². The highest BCUT2D eigenvalue weighted by atomic mass is 32.1. The van der Waals surface area contributed by atoms with Crippen molar-refractivity contribution in [2.75, 3.05) is 13.1 Å². The lowest BCUT2D eigenvalue weighted by atomic mass is 9.93. The van der Waals surface area contributed by atoms with Crippen molar-refractivity contribution in [2.45, 2.75) is 45.1 Å². The number of fused-ring (bicyclic) bond motifs is 1. The van der Waals surface area contributed by atoms with Crippen LogP contribution in [-0.2, 0) is 17.6 Å². The van der Waals surface area contributed by atoms with Crippen molar-refractivity contribution in [1.82, 2.24) is 10.2 Å². The SMILES string of the molecule is CC1(C)C(=O)NCCN1C(=O)c1csc2c1CCCC2. The Morgan fingerprint density at radius 3 is 2.90 bits per heavy atom. The Morgan fingerprint density at radius 2 is 2.10 bits per heavy atom. The fraction of sp³-hybridized carbons (Fsp3) is 0.600. The fourth-order valence-electron chi connectivity index (χ4n) is 3.07. The Kier molecular flexibility index (Phi) is 3.32.